The predicted molar refractivity (Wildman–Crippen MR) is 79.1 cm³/mol. The van der Waals surface area contributed by atoms with Gasteiger partial charge in [-0.3, -0.25) is 9.40 Å². The molecule has 0 aliphatic rings. The van der Waals surface area contributed by atoms with E-state index in [0.717, 1.165) is 0 Å². The van der Waals surface area contributed by atoms with Crippen LogP contribution < -0.4 is 10.5 Å². The fraction of sp³-hybridized carbons (Fsp3) is 0.308. The van der Waals surface area contributed by atoms with Crippen molar-refractivity contribution in [3.8, 4) is 0 Å². The van der Waals surface area contributed by atoms with E-state index in [1.165, 1.54) is 0 Å². The van der Waals surface area contributed by atoms with Crippen LogP contribution in [0.4, 0.5) is 11.4 Å². The van der Waals surface area contributed by atoms with Gasteiger partial charge in [0.05, 0.1) is 17.1 Å². The van der Waals surface area contributed by atoms with Crippen LogP contribution in [0.25, 0.3) is 0 Å². The van der Waals surface area contributed by atoms with Gasteiger partial charge in [-0.15, -0.1) is 0 Å². The smallest absolute Gasteiger partial charge is 0.265 e. The first-order chi connectivity index (χ1) is 9.24. The summed E-state index contributed by atoms with van der Waals surface area (Å²) < 4.78 is 29.2. The molecule has 0 fully saturated rings. The number of nitrogen functional groups attached to an aromatic ring is 1. The number of aryl methyl sites for hydroxylation is 2. The van der Waals surface area contributed by atoms with E-state index >= 15 is 0 Å². The lowest BCUT2D eigenvalue weighted by molar-refractivity contribution is 0.599. The Hall–Kier alpha value is -2.02. The fourth-order valence-corrected chi connectivity index (χ4v) is 3.67. The third-order valence-corrected chi connectivity index (χ3v) is 4.95. The van der Waals surface area contributed by atoms with Crippen LogP contribution in [-0.4, -0.2) is 18.2 Å². The monoisotopic (exact) mass is 294 g/mol. The maximum absolute atomic E-state index is 12.5. The van der Waals surface area contributed by atoms with Crippen molar-refractivity contribution < 1.29 is 8.42 Å². The predicted octanol–water partition coefficient (Wildman–Crippen LogP) is 1.73. The summed E-state index contributed by atoms with van der Waals surface area (Å²) in [5, 5.41) is 4.13. The molecule has 2 rings (SSSR count). The second kappa shape index (κ2) is 4.82. The van der Waals surface area contributed by atoms with Crippen LogP contribution in [0.5, 0.6) is 0 Å². The topological polar surface area (TPSA) is 90.0 Å². The minimum atomic E-state index is -3.68. The molecule has 2 aromatic rings. The van der Waals surface area contributed by atoms with Crippen LogP contribution in [-0.2, 0) is 17.1 Å². The van der Waals surface area contributed by atoms with Crippen molar-refractivity contribution in [2.45, 2.75) is 25.7 Å². The van der Waals surface area contributed by atoms with Gasteiger partial charge in [-0.1, -0.05) is 6.07 Å². The highest BCUT2D eigenvalue weighted by Crippen LogP contribution is 2.26. The number of nitrogens with zero attached hydrogens (tertiary/aromatic N) is 2. The number of aromatic nitrogens is 2. The number of nitrogens with two attached hydrogens (primary N) is 1. The molecule has 7 heteroatoms. The summed E-state index contributed by atoms with van der Waals surface area (Å²) in [4.78, 5) is 0.210. The van der Waals surface area contributed by atoms with Gasteiger partial charge in [0.1, 0.15) is 4.90 Å². The van der Waals surface area contributed by atoms with E-state index in [1.54, 1.807) is 50.7 Å². The first-order valence-corrected chi connectivity index (χ1v) is 7.60. The average molecular weight is 294 g/mol. The Bertz CT molecular complexity index is 763. The Kier molecular flexibility index (Phi) is 3.47. The first kappa shape index (κ1) is 14.4. The van der Waals surface area contributed by atoms with Gasteiger partial charge in [0.25, 0.3) is 10.0 Å². The molecular weight excluding hydrogens is 276 g/mol. The highest BCUT2D eigenvalue weighted by atomic mass is 32.2. The SMILES string of the molecule is Cc1nn(C)c(C)c1S(=O)(=O)Nc1cccc(N)c1C. The van der Waals surface area contributed by atoms with Crippen LogP contribution in [0.1, 0.15) is 17.0 Å². The summed E-state index contributed by atoms with van der Waals surface area (Å²) in [7, 11) is -1.97. The summed E-state index contributed by atoms with van der Waals surface area (Å²) in [6.07, 6.45) is 0. The molecule has 0 amide bonds. The van der Waals surface area contributed by atoms with Gasteiger partial charge in [0, 0.05) is 12.7 Å². The Morgan fingerprint density at radius 1 is 1.25 bits per heavy atom. The Balaban J connectivity index is 2.49. The van der Waals surface area contributed by atoms with E-state index in [9.17, 15) is 8.42 Å². The summed E-state index contributed by atoms with van der Waals surface area (Å²) in [5.41, 5.74) is 8.59. The largest absolute Gasteiger partial charge is 0.398 e. The third kappa shape index (κ3) is 2.36. The fourth-order valence-electron chi connectivity index (χ4n) is 2.10. The normalized spacial score (nSPS) is 11.6. The number of sulfonamides is 1. The Labute approximate surface area is 118 Å². The van der Waals surface area contributed by atoms with Crippen LogP contribution in [0, 0.1) is 20.8 Å². The summed E-state index contributed by atoms with van der Waals surface area (Å²) in [6.45, 7) is 5.17. The van der Waals surface area contributed by atoms with Gasteiger partial charge in [-0.25, -0.2) is 8.42 Å². The molecule has 0 radical (unpaired) electrons. The molecule has 3 N–H and O–H groups in total. The minimum Gasteiger partial charge on any atom is -0.398 e. The molecule has 0 bridgehead atoms. The summed E-state index contributed by atoms with van der Waals surface area (Å²) in [5.74, 6) is 0. The van der Waals surface area contributed by atoms with Gasteiger partial charge in [0.15, 0.2) is 0 Å². The maximum Gasteiger partial charge on any atom is 0.265 e. The van der Waals surface area contributed by atoms with Gasteiger partial charge in [0.2, 0.25) is 0 Å². The number of anilines is 2. The quantitative estimate of drug-likeness (QED) is 0.844. The Morgan fingerprint density at radius 2 is 1.90 bits per heavy atom. The van der Waals surface area contributed by atoms with E-state index in [0.29, 0.717) is 28.3 Å². The van der Waals surface area contributed by atoms with Crippen LogP contribution >= 0.6 is 0 Å². The minimum absolute atomic E-state index is 0.210. The van der Waals surface area contributed by atoms with Gasteiger partial charge in [-0.2, -0.15) is 5.10 Å². The lowest BCUT2D eigenvalue weighted by atomic mass is 10.2. The molecule has 1 aromatic carbocycles. The van der Waals surface area contributed by atoms with E-state index in [4.69, 9.17) is 5.73 Å². The zero-order valence-electron chi connectivity index (χ0n) is 11.9. The van der Waals surface area contributed by atoms with Crippen molar-refractivity contribution in [3.05, 3.63) is 35.2 Å². The van der Waals surface area contributed by atoms with Gasteiger partial charge in [-0.05, 0) is 38.5 Å². The number of nitrogens with one attached hydrogen (secondary N) is 1. The van der Waals surface area contributed by atoms with E-state index in [2.05, 4.69) is 9.82 Å². The van der Waals surface area contributed by atoms with Gasteiger partial charge >= 0.3 is 0 Å². The van der Waals surface area contributed by atoms with E-state index < -0.39 is 10.0 Å². The standard InChI is InChI=1S/C13H18N4O2S/c1-8-11(14)6-5-7-12(8)16-20(18,19)13-9(2)15-17(4)10(13)3/h5-7,16H,14H2,1-4H3. The van der Waals surface area contributed by atoms with Crippen LogP contribution in [0.3, 0.4) is 0 Å². The molecule has 0 atom stereocenters. The van der Waals surface area contributed by atoms with Crippen LogP contribution in [0.2, 0.25) is 0 Å². The van der Waals surface area contributed by atoms with Crippen molar-refractivity contribution in [2.24, 2.45) is 7.05 Å². The average Bonchev–Trinajstić information content (AvgIpc) is 2.59. The second-order valence-electron chi connectivity index (χ2n) is 4.75. The zero-order valence-corrected chi connectivity index (χ0v) is 12.7. The molecule has 0 saturated carbocycles. The van der Waals surface area contributed by atoms with Crippen molar-refractivity contribution in [3.63, 3.8) is 0 Å². The number of hydrogen-bond donors (Lipinski definition) is 2. The number of benzene rings is 1. The highest BCUT2D eigenvalue weighted by molar-refractivity contribution is 7.92. The molecule has 0 spiro atoms. The zero-order chi connectivity index (χ0) is 15.1. The van der Waals surface area contributed by atoms with Gasteiger partial charge < -0.3 is 5.73 Å². The molecule has 0 unspecified atom stereocenters. The lowest BCUT2D eigenvalue weighted by Gasteiger charge is -2.12. The number of hydrogen-bond acceptors (Lipinski definition) is 4. The van der Waals surface area contributed by atoms with Crippen molar-refractivity contribution in [1.82, 2.24) is 9.78 Å². The molecule has 0 aliphatic carbocycles. The van der Waals surface area contributed by atoms with Crippen LogP contribution in [0.15, 0.2) is 23.1 Å². The van der Waals surface area contributed by atoms with Crippen molar-refractivity contribution >= 4 is 21.4 Å². The number of rotatable bonds is 3. The molecular formula is C13H18N4O2S. The maximum atomic E-state index is 12.5. The molecule has 1 heterocycles. The van der Waals surface area contributed by atoms with Crippen molar-refractivity contribution in [2.75, 3.05) is 10.5 Å². The summed E-state index contributed by atoms with van der Waals surface area (Å²) >= 11 is 0. The van der Waals surface area contributed by atoms with Crippen molar-refractivity contribution in [1.29, 1.82) is 0 Å². The van der Waals surface area contributed by atoms with E-state index in [-0.39, 0.29) is 4.90 Å². The van der Waals surface area contributed by atoms with E-state index in [1.807, 2.05) is 0 Å². The molecule has 0 saturated heterocycles. The summed E-state index contributed by atoms with van der Waals surface area (Å²) in [6, 6.07) is 5.13. The lowest BCUT2D eigenvalue weighted by Crippen LogP contribution is -2.16. The molecule has 6 nitrogen and oxygen atoms in total. The highest BCUT2D eigenvalue weighted by Gasteiger charge is 2.24. The molecule has 0 aliphatic heterocycles. The molecule has 1 aromatic heterocycles. The Morgan fingerprint density at radius 3 is 2.45 bits per heavy atom. The molecule has 108 valence electrons. The molecule has 20 heavy (non-hydrogen) atoms. The second-order valence-corrected chi connectivity index (χ2v) is 6.37. The third-order valence-electron chi connectivity index (χ3n) is 3.33. The first-order valence-electron chi connectivity index (χ1n) is 6.12.